The largest absolute Gasteiger partial charge is 0.459 e. The van der Waals surface area contributed by atoms with E-state index in [9.17, 15) is 9.59 Å². The van der Waals surface area contributed by atoms with Gasteiger partial charge in [-0.25, -0.2) is 4.79 Å². The molecule has 2 rings (SSSR count). The Balaban J connectivity index is 1.60. The Morgan fingerprint density at radius 3 is 2.57 bits per heavy atom. The molecule has 0 aliphatic carbocycles. The zero-order valence-corrected chi connectivity index (χ0v) is 18.0. The molecule has 0 aliphatic heterocycles. The number of ether oxygens (including phenoxy) is 2. The third-order valence-electron chi connectivity index (χ3n) is 4.36. The number of carbonyl (C=O) groups excluding carboxylic acids is 2. The summed E-state index contributed by atoms with van der Waals surface area (Å²) >= 11 is 0. The highest BCUT2D eigenvalue weighted by Crippen LogP contribution is 2.07. The van der Waals surface area contributed by atoms with Gasteiger partial charge in [0.25, 0.3) is 0 Å². The van der Waals surface area contributed by atoms with Gasteiger partial charge in [-0.05, 0) is 39.2 Å². The molecule has 1 heterocycles. The number of nitrogens with zero attached hydrogens (tertiary/aromatic N) is 3. The lowest BCUT2D eigenvalue weighted by Crippen LogP contribution is -2.29. The van der Waals surface area contributed by atoms with Gasteiger partial charge in [-0.1, -0.05) is 42.0 Å². The van der Waals surface area contributed by atoms with Crippen molar-refractivity contribution in [2.24, 2.45) is 0 Å². The molecule has 30 heavy (non-hydrogen) atoms. The van der Waals surface area contributed by atoms with Crippen LogP contribution in [0.25, 0.3) is 0 Å². The number of aromatic nitrogens is 3. The Hall–Kier alpha value is -2.74. The molecule has 164 valence electrons. The standard InChI is InChI=1S/C22H32N4O4/c1-17(2)23-21(27)12-8-5-9-13-26-14-20(24-25-26)16-29-18(3)22(28)30-15-19-10-6-4-7-11-19/h4,6-7,10-11,14,17-18H,5,8-9,12-13,15-16H2,1-3H3,(H,23,27). The molecular formula is C22H32N4O4. The van der Waals surface area contributed by atoms with Gasteiger partial charge in [-0.15, -0.1) is 5.10 Å². The van der Waals surface area contributed by atoms with Crippen molar-refractivity contribution in [3.05, 3.63) is 47.8 Å². The normalized spacial score (nSPS) is 12.0. The second kappa shape index (κ2) is 12.7. The molecule has 0 saturated carbocycles. The fourth-order valence-corrected chi connectivity index (χ4v) is 2.77. The first-order valence-electron chi connectivity index (χ1n) is 10.4. The van der Waals surface area contributed by atoms with Crippen LogP contribution in [0.4, 0.5) is 0 Å². The molecule has 1 unspecified atom stereocenters. The Kier molecular flexibility index (Phi) is 10.00. The number of aryl methyl sites for hydroxylation is 1. The molecule has 8 heteroatoms. The molecule has 8 nitrogen and oxygen atoms in total. The molecule has 1 atom stereocenters. The minimum absolute atomic E-state index is 0.0987. The number of rotatable bonds is 13. The number of nitrogens with one attached hydrogen (secondary N) is 1. The summed E-state index contributed by atoms with van der Waals surface area (Å²) in [6.07, 6.45) is 4.39. The van der Waals surface area contributed by atoms with Crippen molar-refractivity contribution in [1.82, 2.24) is 20.3 Å². The van der Waals surface area contributed by atoms with Crippen LogP contribution < -0.4 is 5.32 Å². The fourth-order valence-electron chi connectivity index (χ4n) is 2.77. The first-order valence-corrected chi connectivity index (χ1v) is 10.4. The first kappa shape index (κ1) is 23.5. The molecule has 1 N–H and O–H groups in total. The molecule has 1 amide bonds. The van der Waals surface area contributed by atoms with Gasteiger partial charge in [0.2, 0.25) is 5.91 Å². The van der Waals surface area contributed by atoms with Gasteiger partial charge >= 0.3 is 5.97 Å². The maximum absolute atomic E-state index is 12.0. The summed E-state index contributed by atoms with van der Waals surface area (Å²) in [5.41, 5.74) is 1.59. The predicted octanol–water partition coefficient (Wildman–Crippen LogP) is 3.01. The molecular weight excluding hydrogens is 384 g/mol. The third kappa shape index (κ3) is 9.17. The highest BCUT2D eigenvalue weighted by Gasteiger charge is 2.16. The molecule has 0 bridgehead atoms. The summed E-state index contributed by atoms with van der Waals surface area (Å²) in [6.45, 7) is 6.72. The maximum atomic E-state index is 12.0. The van der Waals surface area contributed by atoms with Gasteiger partial charge < -0.3 is 14.8 Å². The van der Waals surface area contributed by atoms with Crippen LogP contribution in [0.2, 0.25) is 0 Å². The lowest BCUT2D eigenvalue weighted by atomic mass is 10.2. The Labute approximate surface area is 177 Å². The quantitative estimate of drug-likeness (QED) is 0.398. The van der Waals surface area contributed by atoms with Crippen molar-refractivity contribution < 1.29 is 19.1 Å². The summed E-state index contributed by atoms with van der Waals surface area (Å²) < 4.78 is 12.6. The number of carbonyl (C=O) groups is 2. The van der Waals surface area contributed by atoms with E-state index in [-0.39, 0.29) is 25.2 Å². The number of hydrogen-bond donors (Lipinski definition) is 1. The van der Waals surface area contributed by atoms with E-state index in [1.54, 1.807) is 11.6 Å². The molecule has 1 aromatic heterocycles. The molecule has 2 aromatic rings. The Morgan fingerprint density at radius 2 is 1.83 bits per heavy atom. The van der Waals surface area contributed by atoms with Crippen LogP contribution in [0.15, 0.2) is 36.5 Å². The smallest absolute Gasteiger partial charge is 0.335 e. The van der Waals surface area contributed by atoms with Gasteiger partial charge in [0.05, 0.1) is 12.8 Å². The van der Waals surface area contributed by atoms with Crippen LogP contribution in [0.5, 0.6) is 0 Å². The minimum atomic E-state index is -0.684. The topological polar surface area (TPSA) is 95.3 Å². The molecule has 0 aliphatic rings. The number of unbranched alkanes of at least 4 members (excludes halogenated alkanes) is 2. The SMILES string of the molecule is CC(C)NC(=O)CCCCCn1cc(COC(C)C(=O)OCc2ccccc2)nn1. The second-order valence-corrected chi connectivity index (χ2v) is 7.55. The van der Waals surface area contributed by atoms with Crippen LogP contribution in [0.1, 0.15) is 57.7 Å². The van der Waals surface area contributed by atoms with Crippen molar-refractivity contribution in [2.45, 2.75) is 78.4 Å². The van der Waals surface area contributed by atoms with E-state index < -0.39 is 12.1 Å². The summed E-state index contributed by atoms with van der Waals surface area (Å²) in [5, 5.41) is 11.0. The monoisotopic (exact) mass is 416 g/mol. The molecule has 1 aromatic carbocycles. The zero-order chi connectivity index (χ0) is 21.8. The Bertz CT molecular complexity index is 776. The van der Waals surface area contributed by atoms with E-state index in [0.717, 1.165) is 31.4 Å². The van der Waals surface area contributed by atoms with Crippen LogP contribution in [-0.2, 0) is 38.8 Å². The van der Waals surface area contributed by atoms with E-state index in [1.165, 1.54) is 0 Å². The third-order valence-corrected chi connectivity index (χ3v) is 4.36. The highest BCUT2D eigenvalue weighted by molar-refractivity contribution is 5.76. The van der Waals surface area contributed by atoms with Crippen molar-refractivity contribution in [3.63, 3.8) is 0 Å². The molecule has 0 fully saturated rings. The molecule has 0 spiro atoms. The zero-order valence-electron chi connectivity index (χ0n) is 18.0. The van der Waals surface area contributed by atoms with Crippen LogP contribution >= 0.6 is 0 Å². The number of benzene rings is 1. The van der Waals surface area contributed by atoms with Crippen LogP contribution in [-0.4, -0.2) is 39.0 Å². The second-order valence-electron chi connectivity index (χ2n) is 7.55. The number of amides is 1. The highest BCUT2D eigenvalue weighted by atomic mass is 16.6. The summed E-state index contributed by atoms with van der Waals surface area (Å²) in [6, 6.07) is 9.69. The van der Waals surface area contributed by atoms with Crippen molar-refractivity contribution in [1.29, 1.82) is 0 Å². The average molecular weight is 417 g/mol. The Morgan fingerprint density at radius 1 is 1.07 bits per heavy atom. The lowest BCUT2D eigenvalue weighted by molar-refractivity contribution is -0.158. The van der Waals surface area contributed by atoms with E-state index in [2.05, 4.69) is 15.6 Å². The molecule has 0 radical (unpaired) electrons. The molecule has 0 saturated heterocycles. The van der Waals surface area contributed by atoms with E-state index in [0.29, 0.717) is 12.1 Å². The van der Waals surface area contributed by atoms with Gasteiger partial charge in [0.15, 0.2) is 6.10 Å². The lowest BCUT2D eigenvalue weighted by Gasteiger charge is -2.11. The number of esters is 1. The van der Waals surface area contributed by atoms with E-state index in [1.807, 2.05) is 50.4 Å². The van der Waals surface area contributed by atoms with Gasteiger partial charge in [0, 0.05) is 19.0 Å². The predicted molar refractivity (Wildman–Crippen MR) is 112 cm³/mol. The van der Waals surface area contributed by atoms with Crippen molar-refractivity contribution in [2.75, 3.05) is 0 Å². The average Bonchev–Trinajstić information content (AvgIpc) is 3.18. The number of hydrogen-bond acceptors (Lipinski definition) is 6. The van der Waals surface area contributed by atoms with E-state index >= 15 is 0 Å². The minimum Gasteiger partial charge on any atom is -0.459 e. The van der Waals surface area contributed by atoms with Crippen molar-refractivity contribution >= 4 is 11.9 Å². The van der Waals surface area contributed by atoms with Crippen LogP contribution in [0, 0.1) is 0 Å². The van der Waals surface area contributed by atoms with Gasteiger partial charge in [-0.2, -0.15) is 0 Å². The summed E-state index contributed by atoms with van der Waals surface area (Å²) in [5.74, 6) is -0.311. The van der Waals surface area contributed by atoms with Gasteiger partial charge in [0.1, 0.15) is 12.3 Å². The first-order chi connectivity index (χ1) is 14.4. The van der Waals surface area contributed by atoms with Crippen molar-refractivity contribution in [3.8, 4) is 0 Å². The fraction of sp³-hybridized carbons (Fsp3) is 0.545. The van der Waals surface area contributed by atoms with Crippen LogP contribution in [0.3, 0.4) is 0 Å². The van der Waals surface area contributed by atoms with E-state index in [4.69, 9.17) is 9.47 Å². The van der Waals surface area contributed by atoms with Gasteiger partial charge in [-0.3, -0.25) is 9.48 Å². The maximum Gasteiger partial charge on any atom is 0.335 e. The summed E-state index contributed by atoms with van der Waals surface area (Å²) in [4.78, 5) is 23.6. The summed E-state index contributed by atoms with van der Waals surface area (Å²) in [7, 11) is 0.